The third-order valence-corrected chi connectivity index (χ3v) is 1.86. The molecule has 0 aliphatic heterocycles. The van der Waals surface area contributed by atoms with Crippen LogP contribution in [0.5, 0.6) is 0 Å². The Bertz CT molecular complexity index is 284. The van der Waals surface area contributed by atoms with Crippen molar-refractivity contribution in [2.75, 3.05) is 13.2 Å². The zero-order chi connectivity index (χ0) is 10.6. The highest BCUT2D eigenvalue weighted by atomic mass is 16.3. The van der Waals surface area contributed by atoms with Gasteiger partial charge in [0.25, 0.3) is 5.91 Å². The van der Waals surface area contributed by atoms with Gasteiger partial charge in [0, 0.05) is 12.6 Å². The second-order valence-electron chi connectivity index (χ2n) is 3.17. The lowest BCUT2D eigenvalue weighted by atomic mass is 10.3. The summed E-state index contributed by atoms with van der Waals surface area (Å²) in [5, 5.41) is 18.4. The molecule has 78 valence electrons. The molecule has 6 nitrogen and oxygen atoms in total. The maximum atomic E-state index is 11.7. The van der Waals surface area contributed by atoms with E-state index < -0.39 is 0 Å². The van der Waals surface area contributed by atoms with Gasteiger partial charge in [-0.1, -0.05) is 0 Å². The van der Waals surface area contributed by atoms with E-state index in [0.717, 1.165) is 0 Å². The Balaban J connectivity index is 2.74. The summed E-state index contributed by atoms with van der Waals surface area (Å²) in [4.78, 5) is 13.3. The summed E-state index contributed by atoms with van der Waals surface area (Å²) < 4.78 is 0. The van der Waals surface area contributed by atoms with Crippen LogP contribution in [0.15, 0.2) is 6.20 Å². The number of nitrogens with zero attached hydrogens (tertiary/aromatic N) is 3. The average molecular weight is 198 g/mol. The molecular weight excluding hydrogens is 184 g/mol. The molecule has 0 bridgehead atoms. The maximum Gasteiger partial charge on any atom is 0.276 e. The number of hydrogen-bond acceptors (Lipinski definition) is 4. The summed E-state index contributed by atoms with van der Waals surface area (Å²) in [6.45, 7) is 4.02. The van der Waals surface area contributed by atoms with Crippen molar-refractivity contribution in [1.29, 1.82) is 0 Å². The van der Waals surface area contributed by atoms with Crippen LogP contribution in [0.1, 0.15) is 24.3 Å². The van der Waals surface area contributed by atoms with Crippen molar-refractivity contribution in [3.8, 4) is 0 Å². The van der Waals surface area contributed by atoms with E-state index in [4.69, 9.17) is 5.11 Å². The molecule has 1 heterocycles. The number of amides is 1. The predicted molar refractivity (Wildman–Crippen MR) is 49.6 cm³/mol. The zero-order valence-electron chi connectivity index (χ0n) is 8.27. The molecule has 0 aliphatic rings. The average Bonchev–Trinajstić information content (AvgIpc) is 2.65. The fraction of sp³-hybridized carbons (Fsp3) is 0.625. The number of H-pyrrole nitrogens is 1. The molecule has 0 radical (unpaired) electrons. The monoisotopic (exact) mass is 198 g/mol. The molecule has 0 aromatic carbocycles. The lowest BCUT2D eigenvalue weighted by molar-refractivity contribution is 0.0659. The van der Waals surface area contributed by atoms with Crippen molar-refractivity contribution in [3.63, 3.8) is 0 Å². The van der Waals surface area contributed by atoms with Crippen LogP contribution in [0.4, 0.5) is 0 Å². The Morgan fingerprint density at radius 3 is 2.86 bits per heavy atom. The molecule has 1 rings (SSSR count). The van der Waals surface area contributed by atoms with Crippen LogP contribution in [-0.4, -0.2) is 50.5 Å². The van der Waals surface area contributed by atoms with E-state index in [9.17, 15) is 4.79 Å². The standard InChI is InChI=1S/C8H14N4O2/c1-6(2)12(3-4-13)8(14)7-5-9-11-10-7/h5-6,13H,3-4H2,1-2H3,(H,9,10,11). The van der Waals surface area contributed by atoms with E-state index in [0.29, 0.717) is 6.54 Å². The Morgan fingerprint density at radius 2 is 2.43 bits per heavy atom. The molecule has 0 fully saturated rings. The van der Waals surface area contributed by atoms with Gasteiger partial charge in [0.2, 0.25) is 0 Å². The molecule has 1 aromatic rings. The third kappa shape index (κ3) is 2.29. The number of aliphatic hydroxyl groups excluding tert-OH is 1. The molecule has 0 atom stereocenters. The van der Waals surface area contributed by atoms with Crippen molar-refractivity contribution in [2.24, 2.45) is 0 Å². The van der Waals surface area contributed by atoms with Crippen molar-refractivity contribution in [3.05, 3.63) is 11.9 Å². The predicted octanol–water partition coefficient (Wildman–Crippen LogP) is -0.352. The minimum Gasteiger partial charge on any atom is -0.395 e. The molecule has 1 aromatic heterocycles. The first kappa shape index (κ1) is 10.6. The number of aromatic amines is 1. The van der Waals surface area contributed by atoms with Gasteiger partial charge >= 0.3 is 0 Å². The van der Waals surface area contributed by atoms with Crippen molar-refractivity contribution < 1.29 is 9.90 Å². The fourth-order valence-corrected chi connectivity index (χ4v) is 1.15. The van der Waals surface area contributed by atoms with E-state index in [1.807, 2.05) is 13.8 Å². The quantitative estimate of drug-likeness (QED) is 0.692. The van der Waals surface area contributed by atoms with Crippen LogP contribution >= 0.6 is 0 Å². The number of nitrogens with one attached hydrogen (secondary N) is 1. The van der Waals surface area contributed by atoms with Gasteiger partial charge in [0.15, 0.2) is 5.69 Å². The Morgan fingerprint density at radius 1 is 1.71 bits per heavy atom. The first-order valence-electron chi connectivity index (χ1n) is 4.44. The molecule has 6 heteroatoms. The molecular formula is C8H14N4O2. The van der Waals surface area contributed by atoms with Gasteiger partial charge in [0.1, 0.15) is 0 Å². The number of carbonyl (C=O) groups excluding carboxylic acids is 1. The van der Waals surface area contributed by atoms with Crippen LogP contribution in [0.3, 0.4) is 0 Å². The van der Waals surface area contributed by atoms with Crippen LogP contribution in [0.25, 0.3) is 0 Å². The van der Waals surface area contributed by atoms with Crippen LogP contribution in [-0.2, 0) is 0 Å². The Labute approximate surface area is 81.9 Å². The summed E-state index contributed by atoms with van der Waals surface area (Å²) in [6, 6.07) is 0.0337. The molecule has 0 saturated heterocycles. The largest absolute Gasteiger partial charge is 0.395 e. The van der Waals surface area contributed by atoms with Crippen molar-refractivity contribution >= 4 is 5.91 Å². The molecule has 0 spiro atoms. The second-order valence-corrected chi connectivity index (χ2v) is 3.17. The van der Waals surface area contributed by atoms with Gasteiger partial charge in [-0.2, -0.15) is 15.4 Å². The van der Waals surface area contributed by atoms with E-state index >= 15 is 0 Å². The molecule has 0 unspecified atom stereocenters. The smallest absolute Gasteiger partial charge is 0.276 e. The SMILES string of the molecule is CC(C)N(CCO)C(=O)c1cn[nH]n1. The maximum absolute atomic E-state index is 11.7. The van der Waals surface area contributed by atoms with E-state index in [1.54, 1.807) is 0 Å². The summed E-state index contributed by atoms with van der Waals surface area (Å²) in [7, 11) is 0. The fourth-order valence-electron chi connectivity index (χ4n) is 1.15. The van der Waals surface area contributed by atoms with Gasteiger partial charge in [-0.15, -0.1) is 0 Å². The molecule has 14 heavy (non-hydrogen) atoms. The first-order valence-corrected chi connectivity index (χ1v) is 4.44. The minimum atomic E-state index is -0.220. The number of carbonyl (C=O) groups is 1. The minimum absolute atomic E-state index is 0.0337. The highest BCUT2D eigenvalue weighted by molar-refractivity contribution is 5.92. The van der Waals surface area contributed by atoms with Gasteiger partial charge in [-0.25, -0.2) is 0 Å². The Kier molecular flexibility index (Phi) is 3.58. The van der Waals surface area contributed by atoms with Crippen molar-refractivity contribution in [2.45, 2.75) is 19.9 Å². The summed E-state index contributed by atoms with van der Waals surface area (Å²) in [5.41, 5.74) is 0.271. The van der Waals surface area contributed by atoms with Crippen LogP contribution in [0, 0.1) is 0 Å². The molecule has 1 amide bonds. The van der Waals surface area contributed by atoms with E-state index in [1.165, 1.54) is 11.1 Å². The van der Waals surface area contributed by atoms with Crippen LogP contribution < -0.4 is 0 Å². The van der Waals surface area contributed by atoms with Gasteiger partial charge in [-0.3, -0.25) is 4.79 Å². The third-order valence-electron chi connectivity index (χ3n) is 1.86. The zero-order valence-corrected chi connectivity index (χ0v) is 8.27. The normalized spacial score (nSPS) is 10.6. The molecule has 2 N–H and O–H groups in total. The van der Waals surface area contributed by atoms with Gasteiger partial charge in [-0.05, 0) is 13.8 Å². The summed E-state index contributed by atoms with van der Waals surface area (Å²) >= 11 is 0. The topological polar surface area (TPSA) is 82.1 Å². The van der Waals surface area contributed by atoms with Crippen LogP contribution in [0.2, 0.25) is 0 Å². The first-order chi connectivity index (χ1) is 6.66. The van der Waals surface area contributed by atoms with Gasteiger partial charge < -0.3 is 10.0 Å². The lowest BCUT2D eigenvalue weighted by Crippen LogP contribution is -2.39. The summed E-state index contributed by atoms with van der Waals surface area (Å²) in [6.07, 6.45) is 1.37. The van der Waals surface area contributed by atoms with Crippen molar-refractivity contribution in [1.82, 2.24) is 20.3 Å². The highest BCUT2D eigenvalue weighted by Crippen LogP contribution is 2.03. The lowest BCUT2D eigenvalue weighted by Gasteiger charge is -2.24. The second kappa shape index (κ2) is 4.71. The Hall–Kier alpha value is -1.43. The molecule has 0 saturated carbocycles. The number of rotatable bonds is 4. The highest BCUT2D eigenvalue weighted by Gasteiger charge is 2.19. The number of aromatic nitrogens is 3. The number of hydrogen-bond donors (Lipinski definition) is 2. The van der Waals surface area contributed by atoms with Gasteiger partial charge in [0.05, 0.1) is 12.8 Å². The van der Waals surface area contributed by atoms with E-state index in [2.05, 4.69) is 15.4 Å². The summed E-state index contributed by atoms with van der Waals surface area (Å²) in [5.74, 6) is -0.220. The molecule has 0 aliphatic carbocycles. The number of aliphatic hydroxyl groups is 1. The van der Waals surface area contributed by atoms with E-state index in [-0.39, 0.29) is 24.2 Å².